The van der Waals surface area contributed by atoms with E-state index in [0.717, 1.165) is 19.3 Å². The molecule has 0 saturated carbocycles. The predicted octanol–water partition coefficient (Wildman–Crippen LogP) is 4.44. The first-order chi connectivity index (χ1) is 8.59. The van der Waals surface area contributed by atoms with Gasteiger partial charge in [-0.25, -0.2) is 0 Å². The Balaban J connectivity index is 2.34. The predicted molar refractivity (Wildman–Crippen MR) is 83.8 cm³/mol. The molecule has 2 nitrogen and oxygen atoms in total. The number of aromatic nitrogens is 1. The molecular formula is C14H11BrINO. The molecule has 0 spiro atoms. The number of nitrogens with zero attached hydrogens (tertiary/aromatic N) is 1. The van der Waals surface area contributed by atoms with Crippen LogP contribution >= 0.6 is 38.5 Å². The SMILES string of the molecule is CC(C(=O)c1cc(Br)ccc1I)c1ccccn1. The number of halogens is 2. The molecule has 0 aliphatic rings. The van der Waals surface area contributed by atoms with Crippen LogP contribution in [-0.4, -0.2) is 10.8 Å². The minimum Gasteiger partial charge on any atom is -0.293 e. The summed E-state index contributed by atoms with van der Waals surface area (Å²) in [6.07, 6.45) is 1.71. The van der Waals surface area contributed by atoms with E-state index in [9.17, 15) is 4.79 Å². The van der Waals surface area contributed by atoms with Gasteiger partial charge < -0.3 is 0 Å². The lowest BCUT2D eigenvalue weighted by molar-refractivity contribution is 0.0963. The van der Waals surface area contributed by atoms with E-state index in [0.29, 0.717) is 0 Å². The summed E-state index contributed by atoms with van der Waals surface area (Å²) in [6.45, 7) is 1.89. The number of Topliss-reactive ketones (excluding diaryl/α,β-unsaturated/α-hetero) is 1. The average Bonchev–Trinajstić information content (AvgIpc) is 2.41. The second-order valence-electron chi connectivity index (χ2n) is 3.96. The van der Waals surface area contributed by atoms with Crippen molar-refractivity contribution in [2.24, 2.45) is 0 Å². The van der Waals surface area contributed by atoms with Crippen LogP contribution in [0.1, 0.15) is 28.9 Å². The standard InChI is InChI=1S/C14H11BrINO/c1-9(13-4-2-3-7-17-13)14(18)11-8-10(15)5-6-12(11)16/h2-9H,1H3. The fraction of sp³-hybridized carbons (Fsp3) is 0.143. The largest absolute Gasteiger partial charge is 0.293 e. The average molecular weight is 416 g/mol. The lowest BCUT2D eigenvalue weighted by Gasteiger charge is -2.11. The van der Waals surface area contributed by atoms with E-state index in [1.165, 1.54) is 0 Å². The van der Waals surface area contributed by atoms with Crippen molar-refractivity contribution in [2.75, 3.05) is 0 Å². The van der Waals surface area contributed by atoms with E-state index >= 15 is 0 Å². The molecule has 1 heterocycles. The topological polar surface area (TPSA) is 30.0 Å². The zero-order chi connectivity index (χ0) is 13.1. The maximum Gasteiger partial charge on any atom is 0.172 e. The van der Waals surface area contributed by atoms with E-state index in [1.54, 1.807) is 6.20 Å². The molecule has 1 aromatic heterocycles. The molecule has 0 radical (unpaired) electrons. The number of pyridine rings is 1. The molecular weight excluding hydrogens is 405 g/mol. The van der Waals surface area contributed by atoms with Gasteiger partial charge in [-0.1, -0.05) is 22.0 Å². The van der Waals surface area contributed by atoms with Gasteiger partial charge in [0, 0.05) is 19.8 Å². The van der Waals surface area contributed by atoms with E-state index in [1.807, 2.05) is 43.3 Å². The normalized spacial score (nSPS) is 12.2. The Hall–Kier alpha value is -0.750. The van der Waals surface area contributed by atoms with E-state index in [4.69, 9.17) is 0 Å². The molecule has 2 rings (SSSR count). The lowest BCUT2D eigenvalue weighted by Crippen LogP contribution is -2.12. The highest BCUT2D eigenvalue weighted by atomic mass is 127. The second-order valence-corrected chi connectivity index (χ2v) is 6.04. The van der Waals surface area contributed by atoms with E-state index < -0.39 is 0 Å². The number of carbonyl (C=O) groups excluding carboxylic acids is 1. The summed E-state index contributed by atoms with van der Waals surface area (Å²) in [5, 5.41) is 0. The Morgan fingerprint density at radius 3 is 2.78 bits per heavy atom. The molecule has 1 aromatic carbocycles. The van der Waals surface area contributed by atoms with Crippen LogP contribution in [0.3, 0.4) is 0 Å². The third kappa shape index (κ3) is 2.98. The van der Waals surface area contributed by atoms with Gasteiger partial charge in [-0.3, -0.25) is 9.78 Å². The summed E-state index contributed by atoms with van der Waals surface area (Å²) < 4.78 is 1.88. The molecule has 0 aliphatic carbocycles. The molecule has 18 heavy (non-hydrogen) atoms. The van der Waals surface area contributed by atoms with Gasteiger partial charge >= 0.3 is 0 Å². The van der Waals surface area contributed by atoms with Gasteiger partial charge in [0.2, 0.25) is 0 Å². The van der Waals surface area contributed by atoms with Crippen molar-refractivity contribution in [3.8, 4) is 0 Å². The molecule has 0 saturated heterocycles. The summed E-state index contributed by atoms with van der Waals surface area (Å²) in [5.74, 6) is -0.131. The fourth-order valence-corrected chi connectivity index (χ4v) is 2.65. The summed E-state index contributed by atoms with van der Waals surface area (Å²) in [7, 11) is 0. The first kappa shape index (κ1) is 13.7. The maximum absolute atomic E-state index is 12.5. The minimum atomic E-state index is -0.228. The zero-order valence-electron chi connectivity index (χ0n) is 9.73. The van der Waals surface area contributed by atoms with Crippen molar-refractivity contribution < 1.29 is 4.79 Å². The van der Waals surface area contributed by atoms with E-state index in [2.05, 4.69) is 43.5 Å². The van der Waals surface area contributed by atoms with Crippen LogP contribution in [0.25, 0.3) is 0 Å². The Bertz CT molecular complexity index is 571. The third-order valence-electron chi connectivity index (χ3n) is 2.72. The van der Waals surface area contributed by atoms with Crippen LogP contribution < -0.4 is 0 Å². The minimum absolute atomic E-state index is 0.0967. The van der Waals surface area contributed by atoms with Crippen LogP contribution in [0.15, 0.2) is 47.1 Å². The molecule has 4 heteroatoms. The number of benzene rings is 1. The van der Waals surface area contributed by atoms with E-state index in [-0.39, 0.29) is 11.7 Å². The van der Waals surface area contributed by atoms with Crippen molar-refractivity contribution in [1.82, 2.24) is 4.98 Å². The molecule has 0 fully saturated rings. The quantitative estimate of drug-likeness (QED) is 0.548. The molecule has 0 aliphatic heterocycles. The summed E-state index contributed by atoms with van der Waals surface area (Å²) in [4.78, 5) is 16.7. The number of ketones is 1. The van der Waals surface area contributed by atoms with Crippen LogP contribution in [0.2, 0.25) is 0 Å². The molecule has 2 aromatic rings. The van der Waals surface area contributed by atoms with Gasteiger partial charge in [0.05, 0.1) is 11.6 Å². The third-order valence-corrected chi connectivity index (χ3v) is 4.15. The van der Waals surface area contributed by atoms with Crippen molar-refractivity contribution in [3.63, 3.8) is 0 Å². The Labute approximate surface area is 128 Å². The fourth-order valence-electron chi connectivity index (χ4n) is 1.69. The Morgan fingerprint density at radius 1 is 1.33 bits per heavy atom. The van der Waals surface area contributed by atoms with Crippen molar-refractivity contribution >= 4 is 44.3 Å². The maximum atomic E-state index is 12.5. The van der Waals surface area contributed by atoms with Gasteiger partial charge in [0.15, 0.2) is 5.78 Å². The lowest BCUT2D eigenvalue weighted by atomic mass is 9.96. The number of rotatable bonds is 3. The monoisotopic (exact) mass is 415 g/mol. The summed E-state index contributed by atoms with van der Waals surface area (Å²) in [5.41, 5.74) is 1.54. The highest BCUT2D eigenvalue weighted by molar-refractivity contribution is 14.1. The molecule has 0 amide bonds. The van der Waals surface area contributed by atoms with Crippen molar-refractivity contribution in [1.29, 1.82) is 0 Å². The van der Waals surface area contributed by atoms with Crippen molar-refractivity contribution in [3.05, 3.63) is 61.9 Å². The van der Waals surface area contributed by atoms with Gasteiger partial charge in [-0.15, -0.1) is 0 Å². The van der Waals surface area contributed by atoms with Gasteiger partial charge in [-0.05, 0) is 59.8 Å². The molecule has 0 N–H and O–H groups in total. The van der Waals surface area contributed by atoms with Crippen LogP contribution in [0, 0.1) is 3.57 Å². The zero-order valence-corrected chi connectivity index (χ0v) is 13.5. The first-order valence-corrected chi connectivity index (χ1v) is 7.37. The van der Waals surface area contributed by atoms with Crippen LogP contribution in [0.4, 0.5) is 0 Å². The number of hydrogen-bond donors (Lipinski definition) is 0. The Morgan fingerprint density at radius 2 is 2.11 bits per heavy atom. The van der Waals surface area contributed by atoms with Crippen LogP contribution in [-0.2, 0) is 0 Å². The smallest absolute Gasteiger partial charge is 0.172 e. The van der Waals surface area contributed by atoms with Crippen molar-refractivity contribution in [2.45, 2.75) is 12.8 Å². The highest BCUT2D eigenvalue weighted by Gasteiger charge is 2.20. The van der Waals surface area contributed by atoms with Gasteiger partial charge in [0.1, 0.15) is 0 Å². The molecule has 1 atom stereocenters. The molecule has 1 unspecified atom stereocenters. The molecule has 0 bridgehead atoms. The molecule has 92 valence electrons. The number of hydrogen-bond acceptors (Lipinski definition) is 2. The first-order valence-electron chi connectivity index (χ1n) is 5.50. The van der Waals surface area contributed by atoms with Gasteiger partial charge in [0.25, 0.3) is 0 Å². The second kappa shape index (κ2) is 5.93. The Kier molecular flexibility index (Phi) is 4.50. The summed E-state index contributed by atoms with van der Waals surface area (Å²) in [6, 6.07) is 11.4. The van der Waals surface area contributed by atoms with Crippen LogP contribution in [0.5, 0.6) is 0 Å². The summed E-state index contributed by atoms with van der Waals surface area (Å²) >= 11 is 5.58. The highest BCUT2D eigenvalue weighted by Crippen LogP contribution is 2.24. The van der Waals surface area contributed by atoms with Gasteiger partial charge in [-0.2, -0.15) is 0 Å². The number of carbonyl (C=O) groups is 1.